The summed E-state index contributed by atoms with van der Waals surface area (Å²) in [6.07, 6.45) is 2.86. The van der Waals surface area contributed by atoms with Crippen LogP contribution in [0.3, 0.4) is 0 Å². The fraction of sp³-hybridized carbons (Fsp3) is 0.636. The second kappa shape index (κ2) is 12.6. The van der Waals surface area contributed by atoms with E-state index in [9.17, 15) is 28.6 Å². The second-order valence-electron chi connectivity index (χ2n) is 7.84. The number of aliphatic hydroxyl groups is 2. The lowest BCUT2D eigenvalue weighted by Gasteiger charge is -2.27. The number of ketones is 1. The normalized spacial score (nSPS) is 15.5. The molecule has 0 saturated heterocycles. The van der Waals surface area contributed by atoms with E-state index in [2.05, 4.69) is 0 Å². The predicted molar refractivity (Wildman–Crippen MR) is 106 cm³/mol. The Labute approximate surface area is 170 Å². The lowest BCUT2D eigenvalue weighted by molar-refractivity contribution is -0.137. The number of carbonyl (C=O) groups is 2. The molecule has 5 nitrogen and oxygen atoms in total. The van der Waals surface area contributed by atoms with Crippen molar-refractivity contribution in [2.45, 2.75) is 77.4 Å². The minimum absolute atomic E-state index is 0.0108. The minimum atomic E-state index is -1.36. The van der Waals surface area contributed by atoms with Crippen LogP contribution in [0.1, 0.15) is 75.6 Å². The van der Waals surface area contributed by atoms with Crippen LogP contribution in [-0.2, 0) is 4.79 Å². The molecule has 164 valence electrons. The predicted octanol–water partition coefficient (Wildman–Crippen LogP) is 4.35. The van der Waals surface area contributed by atoms with E-state index >= 15 is 0 Å². The first-order valence-electron chi connectivity index (χ1n) is 10.2. The number of carboxylic acid groups (broad SMARTS) is 1. The topological polar surface area (TPSA) is 94.8 Å². The van der Waals surface area contributed by atoms with Crippen molar-refractivity contribution < 1.29 is 33.7 Å². The van der Waals surface area contributed by atoms with Gasteiger partial charge in [0.25, 0.3) is 0 Å². The van der Waals surface area contributed by atoms with Crippen molar-refractivity contribution in [3.05, 3.63) is 35.4 Å². The number of aliphatic carboxylic acids is 1. The summed E-state index contributed by atoms with van der Waals surface area (Å²) in [6, 6.07) is 2.47. The molecule has 1 aromatic rings. The Kier molecular flexibility index (Phi) is 11.0. The summed E-state index contributed by atoms with van der Waals surface area (Å²) in [6.45, 7) is 3.66. The Bertz CT molecular complexity index is 642. The molecule has 0 aliphatic heterocycles. The number of aliphatic hydroxyl groups excluding tert-OH is 2. The van der Waals surface area contributed by atoms with Gasteiger partial charge in [0.05, 0.1) is 6.10 Å². The number of hydrogen-bond donors (Lipinski definition) is 3. The number of rotatable bonds is 14. The fourth-order valence-electron chi connectivity index (χ4n) is 3.67. The Morgan fingerprint density at radius 1 is 0.897 bits per heavy atom. The first kappa shape index (κ1) is 25.2. The van der Waals surface area contributed by atoms with Gasteiger partial charge in [-0.3, -0.25) is 9.59 Å². The maximum absolute atomic E-state index is 13.3. The molecule has 4 atom stereocenters. The van der Waals surface area contributed by atoms with Gasteiger partial charge in [-0.2, -0.15) is 0 Å². The van der Waals surface area contributed by atoms with Crippen LogP contribution in [0.2, 0.25) is 0 Å². The quantitative estimate of drug-likeness (QED) is 0.311. The van der Waals surface area contributed by atoms with Gasteiger partial charge in [-0.05, 0) is 56.6 Å². The van der Waals surface area contributed by atoms with Crippen molar-refractivity contribution in [2.24, 2.45) is 11.8 Å². The van der Waals surface area contributed by atoms with Crippen LogP contribution in [-0.4, -0.2) is 39.3 Å². The van der Waals surface area contributed by atoms with Crippen molar-refractivity contribution in [3.63, 3.8) is 0 Å². The van der Waals surface area contributed by atoms with E-state index in [4.69, 9.17) is 5.11 Å². The third-order valence-corrected chi connectivity index (χ3v) is 5.37. The number of halogens is 2. The van der Waals surface area contributed by atoms with Gasteiger partial charge in [0.15, 0.2) is 5.78 Å². The van der Waals surface area contributed by atoms with Crippen LogP contribution in [0, 0.1) is 23.5 Å². The lowest BCUT2D eigenvalue weighted by atomic mass is 9.81. The zero-order chi connectivity index (χ0) is 22.0. The fourth-order valence-corrected chi connectivity index (χ4v) is 3.67. The van der Waals surface area contributed by atoms with Crippen LogP contribution in [0.4, 0.5) is 8.78 Å². The summed E-state index contributed by atoms with van der Waals surface area (Å²) in [5.41, 5.74) is -0.198. The minimum Gasteiger partial charge on any atom is -0.481 e. The molecule has 3 N–H and O–H groups in total. The Morgan fingerprint density at radius 2 is 1.48 bits per heavy atom. The zero-order valence-electron chi connectivity index (χ0n) is 17.1. The number of carbonyl (C=O) groups excluding carboxylic acids is 1. The number of carboxylic acids is 1. The standard InChI is InChI=1S/C22H32F2O5/c1-14(19(15(2)25)7-5-3-4-6-8-21(27)28)9-10-20(26)22(29)16-11-17(23)13-18(24)12-16/h11-15,19-20,25-26H,3-10H2,1-2H3,(H,27,28)/t14-,15+,19-,20?/m1/s1. The van der Waals surface area contributed by atoms with E-state index in [1.54, 1.807) is 6.92 Å². The molecule has 0 amide bonds. The summed E-state index contributed by atoms with van der Waals surface area (Å²) in [4.78, 5) is 22.7. The van der Waals surface area contributed by atoms with Gasteiger partial charge in [-0.15, -0.1) is 0 Å². The van der Waals surface area contributed by atoms with Crippen LogP contribution in [0.25, 0.3) is 0 Å². The molecule has 1 aromatic carbocycles. The summed E-state index contributed by atoms with van der Waals surface area (Å²) in [5, 5.41) is 28.8. The van der Waals surface area contributed by atoms with Gasteiger partial charge < -0.3 is 15.3 Å². The number of Topliss-reactive ketones (excluding diaryl/α,β-unsaturated/α-hetero) is 1. The molecule has 0 heterocycles. The highest BCUT2D eigenvalue weighted by molar-refractivity contribution is 5.99. The molecule has 0 aliphatic carbocycles. The molecule has 0 radical (unpaired) electrons. The summed E-state index contributed by atoms with van der Waals surface area (Å²) in [7, 11) is 0. The van der Waals surface area contributed by atoms with Crippen molar-refractivity contribution in [1.82, 2.24) is 0 Å². The molecule has 1 unspecified atom stereocenters. The molecule has 0 bridgehead atoms. The molecular weight excluding hydrogens is 382 g/mol. The average Bonchev–Trinajstić information content (AvgIpc) is 2.63. The van der Waals surface area contributed by atoms with Gasteiger partial charge >= 0.3 is 5.97 Å². The van der Waals surface area contributed by atoms with E-state index in [0.29, 0.717) is 18.9 Å². The van der Waals surface area contributed by atoms with Crippen molar-refractivity contribution in [2.75, 3.05) is 0 Å². The Morgan fingerprint density at radius 3 is 2.03 bits per heavy atom. The maximum atomic E-state index is 13.3. The van der Waals surface area contributed by atoms with Gasteiger partial charge in [-0.1, -0.05) is 26.2 Å². The van der Waals surface area contributed by atoms with Gasteiger partial charge in [0, 0.05) is 18.1 Å². The van der Waals surface area contributed by atoms with Crippen molar-refractivity contribution >= 4 is 11.8 Å². The average molecular weight is 414 g/mol. The highest BCUT2D eigenvalue weighted by Gasteiger charge is 2.25. The van der Waals surface area contributed by atoms with Crippen LogP contribution < -0.4 is 0 Å². The zero-order valence-corrected chi connectivity index (χ0v) is 17.1. The van der Waals surface area contributed by atoms with Crippen LogP contribution in [0.5, 0.6) is 0 Å². The van der Waals surface area contributed by atoms with Gasteiger partial charge in [-0.25, -0.2) is 8.78 Å². The Hall–Kier alpha value is -1.86. The van der Waals surface area contributed by atoms with E-state index in [1.807, 2.05) is 6.92 Å². The first-order valence-corrected chi connectivity index (χ1v) is 10.2. The summed E-state index contributed by atoms with van der Waals surface area (Å²) < 4.78 is 26.5. The molecular formula is C22H32F2O5. The largest absolute Gasteiger partial charge is 0.481 e. The number of benzene rings is 1. The van der Waals surface area contributed by atoms with Crippen molar-refractivity contribution in [3.8, 4) is 0 Å². The van der Waals surface area contributed by atoms with E-state index in [1.165, 1.54) is 0 Å². The third-order valence-electron chi connectivity index (χ3n) is 5.37. The smallest absolute Gasteiger partial charge is 0.303 e. The van der Waals surface area contributed by atoms with E-state index in [0.717, 1.165) is 37.8 Å². The molecule has 0 aliphatic rings. The molecule has 0 saturated carbocycles. The van der Waals surface area contributed by atoms with E-state index in [-0.39, 0.29) is 30.2 Å². The van der Waals surface area contributed by atoms with Crippen LogP contribution >= 0.6 is 0 Å². The lowest BCUT2D eigenvalue weighted by Crippen LogP contribution is -2.27. The summed E-state index contributed by atoms with van der Waals surface area (Å²) >= 11 is 0. The molecule has 0 spiro atoms. The molecule has 29 heavy (non-hydrogen) atoms. The first-order chi connectivity index (χ1) is 13.6. The monoisotopic (exact) mass is 414 g/mol. The molecule has 0 fully saturated rings. The number of hydrogen-bond acceptors (Lipinski definition) is 4. The SMILES string of the molecule is C[C@H](O)[C@H](CCCCCCC(=O)O)[C@H](C)CCC(O)C(=O)c1cc(F)cc(F)c1. The molecule has 0 aromatic heterocycles. The second-order valence-corrected chi connectivity index (χ2v) is 7.84. The molecule has 7 heteroatoms. The molecule has 1 rings (SSSR count). The highest BCUT2D eigenvalue weighted by Crippen LogP contribution is 2.27. The van der Waals surface area contributed by atoms with Gasteiger partial charge in [0.1, 0.15) is 17.7 Å². The highest BCUT2D eigenvalue weighted by atomic mass is 19.1. The van der Waals surface area contributed by atoms with Crippen molar-refractivity contribution in [1.29, 1.82) is 0 Å². The maximum Gasteiger partial charge on any atom is 0.303 e. The number of unbranched alkanes of at least 4 members (excludes halogenated alkanes) is 3. The van der Waals surface area contributed by atoms with E-state index < -0.39 is 35.6 Å². The van der Waals surface area contributed by atoms with Crippen LogP contribution in [0.15, 0.2) is 18.2 Å². The Balaban J connectivity index is 2.48. The summed E-state index contributed by atoms with van der Waals surface area (Å²) in [5.74, 6) is -3.22. The van der Waals surface area contributed by atoms with Gasteiger partial charge in [0.2, 0.25) is 0 Å². The third kappa shape index (κ3) is 9.45.